The van der Waals surface area contributed by atoms with Gasteiger partial charge in [0.05, 0.1) is 0 Å². The van der Waals surface area contributed by atoms with Gasteiger partial charge < -0.3 is 5.11 Å². The predicted octanol–water partition coefficient (Wildman–Crippen LogP) is 5.81. The highest BCUT2D eigenvalue weighted by atomic mass is 16.3. The molecule has 3 nitrogen and oxygen atoms in total. The van der Waals surface area contributed by atoms with Crippen molar-refractivity contribution in [2.75, 3.05) is 0 Å². The number of Topliss-reactive ketones (excluding diaryl/α,β-unsaturated/α-hetero) is 2. The summed E-state index contributed by atoms with van der Waals surface area (Å²) in [6, 6.07) is 4.95. The van der Waals surface area contributed by atoms with Crippen LogP contribution in [0.5, 0.6) is 5.75 Å². The van der Waals surface area contributed by atoms with Crippen LogP contribution in [0, 0.1) is 29.6 Å². The third-order valence-corrected chi connectivity index (χ3v) is 7.07. The van der Waals surface area contributed by atoms with Crippen molar-refractivity contribution >= 4 is 11.6 Å². The lowest BCUT2D eigenvalue weighted by Gasteiger charge is -2.55. The summed E-state index contributed by atoms with van der Waals surface area (Å²) in [5, 5.41) is 9.93. The highest BCUT2D eigenvalue weighted by Gasteiger charge is 2.54. The molecule has 2 aliphatic rings. The van der Waals surface area contributed by atoms with Gasteiger partial charge in [-0.25, -0.2) is 0 Å². The van der Waals surface area contributed by atoms with Crippen molar-refractivity contribution in [2.45, 2.75) is 60.3 Å². The van der Waals surface area contributed by atoms with Crippen molar-refractivity contribution in [2.24, 2.45) is 22.7 Å². The first-order valence-corrected chi connectivity index (χ1v) is 10.2. The van der Waals surface area contributed by atoms with Crippen molar-refractivity contribution in [1.82, 2.24) is 0 Å². The van der Waals surface area contributed by atoms with Crippen molar-refractivity contribution in [3.05, 3.63) is 53.1 Å². The Balaban J connectivity index is 2.00. The van der Waals surface area contributed by atoms with Gasteiger partial charge in [-0.3, -0.25) is 9.59 Å². The van der Waals surface area contributed by atoms with Crippen LogP contribution >= 0.6 is 0 Å². The first kappa shape index (κ1) is 20.6. The number of allylic oxidation sites excluding steroid dienone is 3. The van der Waals surface area contributed by atoms with Gasteiger partial charge >= 0.3 is 0 Å². The molecule has 2 aliphatic carbocycles. The molecule has 0 amide bonds. The second kappa shape index (κ2) is 7.02. The minimum absolute atomic E-state index is 0.0497. The molecule has 1 fully saturated rings. The average Bonchev–Trinajstić information content (AvgIpc) is 2.58. The molecule has 3 rings (SSSR count). The SMILES string of the molecule is C=C(C)[C@@H]1C(=O)C(CC(=O)c2ccc(C)c(O)c2)=C[C@H]2C(C)(C)CCC[C@]12C. The molecule has 0 aromatic heterocycles. The summed E-state index contributed by atoms with van der Waals surface area (Å²) in [5.74, 6) is 0.0236. The number of carbonyl (C=O) groups is 2. The van der Waals surface area contributed by atoms with E-state index in [1.54, 1.807) is 19.1 Å². The summed E-state index contributed by atoms with van der Waals surface area (Å²) in [7, 11) is 0. The number of phenolic OH excluding ortho intramolecular Hbond substituents is 1. The number of hydrogen-bond donors (Lipinski definition) is 1. The normalized spacial score (nSPS) is 29.0. The summed E-state index contributed by atoms with van der Waals surface area (Å²) in [5.41, 5.74) is 2.61. The Hall–Kier alpha value is -2.16. The molecule has 0 bridgehead atoms. The van der Waals surface area contributed by atoms with Gasteiger partial charge in [0.1, 0.15) is 5.75 Å². The molecule has 0 heterocycles. The Morgan fingerprint density at radius 2 is 1.93 bits per heavy atom. The van der Waals surface area contributed by atoms with Gasteiger partial charge in [-0.1, -0.05) is 57.6 Å². The molecule has 1 saturated carbocycles. The Morgan fingerprint density at radius 1 is 1.25 bits per heavy atom. The van der Waals surface area contributed by atoms with E-state index in [-0.39, 0.29) is 46.4 Å². The van der Waals surface area contributed by atoms with Gasteiger partial charge in [0.25, 0.3) is 0 Å². The summed E-state index contributed by atoms with van der Waals surface area (Å²) < 4.78 is 0. The number of aryl methyl sites for hydroxylation is 1. The van der Waals surface area contributed by atoms with E-state index in [2.05, 4.69) is 33.4 Å². The molecular weight excluding hydrogens is 348 g/mol. The Morgan fingerprint density at radius 3 is 2.54 bits per heavy atom. The van der Waals surface area contributed by atoms with Crippen LogP contribution < -0.4 is 0 Å². The molecule has 0 aliphatic heterocycles. The highest BCUT2D eigenvalue weighted by Crippen LogP contribution is 2.59. The standard InChI is InChI=1S/C25H32O3/c1-15(2)22-23(28)18(13-20(27)17-9-8-16(3)19(26)12-17)14-21-24(4,5)10-7-11-25(21,22)6/h8-9,12,14,21-22,26H,1,7,10-11,13H2,2-6H3/t21-,22+,25-/m0/s1. The van der Waals surface area contributed by atoms with Crippen LogP contribution in [0.3, 0.4) is 0 Å². The summed E-state index contributed by atoms with van der Waals surface area (Å²) in [4.78, 5) is 26.3. The van der Waals surface area contributed by atoms with Crippen molar-refractivity contribution in [3.8, 4) is 5.75 Å². The molecule has 1 aromatic carbocycles. The first-order valence-electron chi connectivity index (χ1n) is 10.2. The topological polar surface area (TPSA) is 54.4 Å². The van der Waals surface area contributed by atoms with Crippen LogP contribution in [-0.2, 0) is 4.79 Å². The zero-order valence-corrected chi connectivity index (χ0v) is 17.8. The van der Waals surface area contributed by atoms with Gasteiger partial charge in [0.2, 0.25) is 0 Å². The van der Waals surface area contributed by atoms with Crippen molar-refractivity contribution in [1.29, 1.82) is 0 Å². The van der Waals surface area contributed by atoms with Crippen LogP contribution in [0.15, 0.2) is 42.0 Å². The van der Waals surface area contributed by atoms with E-state index >= 15 is 0 Å². The van der Waals surface area contributed by atoms with E-state index in [1.165, 1.54) is 6.07 Å². The van der Waals surface area contributed by atoms with Gasteiger partial charge in [0, 0.05) is 17.9 Å². The van der Waals surface area contributed by atoms with E-state index in [9.17, 15) is 14.7 Å². The number of benzene rings is 1. The number of carbonyl (C=O) groups excluding carboxylic acids is 2. The maximum atomic E-state index is 13.4. The zero-order chi connectivity index (χ0) is 20.9. The van der Waals surface area contributed by atoms with E-state index in [0.29, 0.717) is 11.1 Å². The van der Waals surface area contributed by atoms with Crippen LogP contribution in [-0.4, -0.2) is 16.7 Å². The van der Waals surface area contributed by atoms with Crippen molar-refractivity contribution in [3.63, 3.8) is 0 Å². The molecule has 0 radical (unpaired) electrons. The lowest BCUT2D eigenvalue weighted by Crippen LogP contribution is -2.51. The van der Waals surface area contributed by atoms with Crippen LogP contribution in [0.1, 0.15) is 69.3 Å². The third-order valence-electron chi connectivity index (χ3n) is 7.07. The lowest BCUT2D eigenvalue weighted by atomic mass is 9.48. The van der Waals surface area contributed by atoms with Gasteiger partial charge in [0.15, 0.2) is 11.6 Å². The largest absolute Gasteiger partial charge is 0.508 e. The van der Waals surface area contributed by atoms with Gasteiger partial charge in [-0.15, -0.1) is 0 Å². The van der Waals surface area contributed by atoms with Gasteiger partial charge in [-0.05, 0) is 60.6 Å². The van der Waals surface area contributed by atoms with Gasteiger partial charge in [-0.2, -0.15) is 0 Å². The number of phenols is 1. The van der Waals surface area contributed by atoms with Crippen LogP contribution in [0.25, 0.3) is 0 Å². The number of hydrogen-bond acceptors (Lipinski definition) is 3. The van der Waals surface area contributed by atoms with Crippen LogP contribution in [0.4, 0.5) is 0 Å². The van der Waals surface area contributed by atoms with E-state index in [0.717, 1.165) is 30.4 Å². The fourth-order valence-electron chi connectivity index (χ4n) is 5.63. The Bertz CT molecular complexity index is 874. The quantitative estimate of drug-likeness (QED) is 0.530. The van der Waals surface area contributed by atoms with E-state index in [1.807, 2.05) is 6.92 Å². The molecule has 0 saturated heterocycles. The fourth-order valence-corrected chi connectivity index (χ4v) is 5.63. The second-order valence-electron chi connectivity index (χ2n) is 9.76. The predicted molar refractivity (Wildman–Crippen MR) is 112 cm³/mol. The number of ketones is 2. The lowest BCUT2D eigenvalue weighted by molar-refractivity contribution is -0.127. The molecule has 150 valence electrons. The minimum atomic E-state index is -0.240. The molecule has 0 unspecified atom stereocenters. The molecular formula is C25H32O3. The number of rotatable bonds is 4. The van der Waals surface area contributed by atoms with E-state index < -0.39 is 0 Å². The molecule has 1 N–H and O–H groups in total. The smallest absolute Gasteiger partial charge is 0.167 e. The van der Waals surface area contributed by atoms with E-state index in [4.69, 9.17) is 0 Å². The first-order chi connectivity index (χ1) is 13.0. The Labute approximate surface area is 168 Å². The van der Waals surface area contributed by atoms with Crippen molar-refractivity contribution < 1.29 is 14.7 Å². The molecule has 28 heavy (non-hydrogen) atoms. The number of aromatic hydroxyl groups is 1. The fraction of sp³-hybridized carbons (Fsp3) is 0.520. The summed E-state index contributed by atoms with van der Waals surface area (Å²) in [6.07, 6.45) is 5.41. The molecule has 3 heteroatoms. The number of fused-ring (bicyclic) bond motifs is 1. The average molecular weight is 381 g/mol. The molecule has 0 spiro atoms. The summed E-state index contributed by atoms with van der Waals surface area (Å²) >= 11 is 0. The highest BCUT2D eigenvalue weighted by molar-refractivity contribution is 6.08. The monoisotopic (exact) mass is 380 g/mol. The molecule has 1 aromatic rings. The minimum Gasteiger partial charge on any atom is -0.508 e. The molecule has 3 atom stereocenters. The Kier molecular flexibility index (Phi) is 5.16. The summed E-state index contributed by atoms with van der Waals surface area (Å²) in [6.45, 7) is 14.6. The van der Waals surface area contributed by atoms with Crippen LogP contribution in [0.2, 0.25) is 0 Å². The maximum absolute atomic E-state index is 13.4. The zero-order valence-electron chi connectivity index (χ0n) is 17.8. The third kappa shape index (κ3) is 3.36. The second-order valence-corrected chi connectivity index (χ2v) is 9.76. The maximum Gasteiger partial charge on any atom is 0.167 e.